The van der Waals surface area contributed by atoms with Gasteiger partial charge in [-0.3, -0.25) is 9.78 Å². The number of halogens is 1. The molecule has 4 rings (SSSR count). The first-order valence-corrected chi connectivity index (χ1v) is 10.3. The molecule has 1 aromatic heterocycles. The number of carbonyl (C=O) groups excluding carboxylic acids is 1. The van der Waals surface area contributed by atoms with E-state index in [2.05, 4.69) is 10.3 Å². The lowest BCUT2D eigenvalue weighted by molar-refractivity contribution is -0.112. The molecule has 0 saturated carbocycles. The summed E-state index contributed by atoms with van der Waals surface area (Å²) >= 11 is 0. The second kappa shape index (κ2) is 11.5. The van der Waals surface area contributed by atoms with E-state index in [4.69, 9.17) is 9.47 Å². The molecule has 0 fully saturated rings. The van der Waals surface area contributed by atoms with E-state index >= 15 is 0 Å². The number of hydrogen-bond donors (Lipinski definition) is 1. The van der Waals surface area contributed by atoms with Gasteiger partial charge in [-0.1, -0.05) is 42.5 Å². The SMILES string of the molecule is COc1cc(C=C(C#N)C(=O)Nc2cccc3ncccc23)ccc1OCc1ccccc1.Cl. The van der Waals surface area contributed by atoms with Gasteiger partial charge in [0.2, 0.25) is 0 Å². The summed E-state index contributed by atoms with van der Waals surface area (Å²) in [4.78, 5) is 17.1. The number of amides is 1. The van der Waals surface area contributed by atoms with Gasteiger partial charge in [0.1, 0.15) is 18.2 Å². The summed E-state index contributed by atoms with van der Waals surface area (Å²) in [6, 6.07) is 26.2. The van der Waals surface area contributed by atoms with Crippen LogP contribution in [0, 0.1) is 11.3 Å². The van der Waals surface area contributed by atoms with Crippen molar-refractivity contribution in [2.24, 2.45) is 0 Å². The zero-order chi connectivity index (χ0) is 23.0. The van der Waals surface area contributed by atoms with Crippen molar-refractivity contribution in [3.63, 3.8) is 0 Å². The largest absolute Gasteiger partial charge is 0.493 e. The fraction of sp³-hybridized carbons (Fsp3) is 0.0741. The van der Waals surface area contributed by atoms with E-state index in [0.29, 0.717) is 29.4 Å². The van der Waals surface area contributed by atoms with Crippen molar-refractivity contribution in [2.75, 3.05) is 12.4 Å². The molecule has 0 aliphatic carbocycles. The molecule has 4 aromatic rings. The van der Waals surface area contributed by atoms with Gasteiger partial charge in [0.15, 0.2) is 11.5 Å². The van der Waals surface area contributed by atoms with Crippen LogP contribution in [0.2, 0.25) is 0 Å². The van der Waals surface area contributed by atoms with Gasteiger partial charge in [-0.2, -0.15) is 5.26 Å². The van der Waals surface area contributed by atoms with Crippen LogP contribution in [-0.4, -0.2) is 18.0 Å². The highest BCUT2D eigenvalue weighted by Crippen LogP contribution is 2.30. The van der Waals surface area contributed by atoms with Crippen LogP contribution in [0.3, 0.4) is 0 Å². The molecule has 0 spiro atoms. The highest BCUT2D eigenvalue weighted by Gasteiger charge is 2.13. The first-order chi connectivity index (χ1) is 16.2. The number of anilines is 1. The van der Waals surface area contributed by atoms with Crippen LogP contribution in [0.25, 0.3) is 17.0 Å². The number of pyridine rings is 1. The molecular weight excluding hydrogens is 450 g/mol. The fourth-order valence-electron chi connectivity index (χ4n) is 3.35. The molecule has 0 aliphatic rings. The number of carbonyl (C=O) groups is 1. The lowest BCUT2D eigenvalue weighted by Gasteiger charge is -2.12. The van der Waals surface area contributed by atoms with E-state index in [-0.39, 0.29) is 18.0 Å². The molecule has 170 valence electrons. The number of benzene rings is 3. The van der Waals surface area contributed by atoms with Gasteiger partial charge in [0.05, 0.1) is 18.3 Å². The zero-order valence-electron chi connectivity index (χ0n) is 18.4. The number of aromatic nitrogens is 1. The first-order valence-electron chi connectivity index (χ1n) is 10.3. The summed E-state index contributed by atoms with van der Waals surface area (Å²) in [6.07, 6.45) is 3.21. The predicted octanol–water partition coefficient (Wildman–Crippen LogP) is 5.79. The molecule has 0 saturated heterocycles. The Morgan fingerprint density at radius 1 is 1.03 bits per heavy atom. The van der Waals surface area contributed by atoms with Crippen molar-refractivity contribution < 1.29 is 14.3 Å². The minimum atomic E-state index is -0.503. The van der Waals surface area contributed by atoms with Gasteiger partial charge in [-0.25, -0.2) is 0 Å². The van der Waals surface area contributed by atoms with Crippen LogP contribution in [-0.2, 0) is 11.4 Å². The van der Waals surface area contributed by atoms with E-state index in [9.17, 15) is 10.1 Å². The molecule has 0 atom stereocenters. The summed E-state index contributed by atoms with van der Waals surface area (Å²) in [6.45, 7) is 0.401. The first kappa shape index (κ1) is 24.3. The van der Waals surface area contributed by atoms with Gasteiger partial charge in [-0.05, 0) is 53.6 Å². The number of rotatable bonds is 7. The average molecular weight is 472 g/mol. The predicted molar refractivity (Wildman–Crippen MR) is 135 cm³/mol. The van der Waals surface area contributed by atoms with E-state index in [1.807, 2.05) is 48.5 Å². The molecular formula is C27H22ClN3O3. The quantitative estimate of drug-likeness (QED) is 0.272. The summed E-state index contributed by atoms with van der Waals surface area (Å²) in [7, 11) is 1.55. The molecule has 3 aromatic carbocycles. The Balaban J connectivity index is 0.00000324. The molecule has 1 N–H and O–H groups in total. The van der Waals surface area contributed by atoms with Crippen LogP contribution in [0.4, 0.5) is 5.69 Å². The van der Waals surface area contributed by atoms with Crippen molar-refractivity contribution in [3.8, 4) is 17.6 Å². The normalized spacial score (nSPS) is 10.6. The third kappa shape index (κ3) is 5.71. The number of fused-ring (bicyclic) bond motifs is 1. The van der Waals surface area contributed by atoms with Gasteiger partial charge in [0, 0.05) is 11.6 Å². The van der Waals surface area contributed by atoms with Crippen molar-refractivity contribution in [1.29, 1.82) is 5.26 Å². The lowest BCUT2D eigenvalue weighted by atomic mass is 10.1. The Bertz CT molecular complexity index is 1360. The van der Waals surface area contributed by atoms with Gasteiger partial charge in [0.25, 0.3) is 5.91 Å². The lowest BCUT2D eigenvalue weighted by Crippen LogP contribution is -2.13. The minimum Gasteiger partial charge on any atom is -0.493 e. The van der Waals surface area contributed by atoms with Crippen LogP contribution >= 0.6 is 12.4 Å². The highest BCUT2D eigenvalue weighted by atomic mass is 35.5. The Hall–Kier alpha value is -4.34. The average Bonchev–Trinajstić information content (AvgIpc) is 2.87. The number of hydrogen-bond acceptors (Lipinski definition) is 5. The van der Waals surface area contributed by atoms with Crippen molar-refractivity contribution in [1.82, 2.24) is 4.98 Å². The Labute approximate surface area is 203 Å². The Kier molecular flexibility index (Phi) is 8.22. The molecule has 0 radical (unpaired) electrons. The topological polar surface area (TPSA) is 84.2 Å². The molecule has 6 nitrogen and oxygen atoms in total. The maximum absolute atomic E-state index is 12.8. The highest BCUT2D eigenvalue weighted by molar-refractivity contribution is 6.12. The number of nitrogens with one attached hydrogen (secondary N) is 1. The zero-order valence-corrected chi connectivity index (χ0v) is 19.2. The number of methoxy groups -OCH3 is 1. The smallest absolute Gasteiger partial charge is 0.266 e. The molecule has 7 heteroatoms. The minimum absolute atomic E-state index is 0. The van der Waals surface area contributed by atoms with Crippen molar-refractivity contribution in [2.45, 2.75) is 6.61 Å². The van der Waals surface area contributed by atoms with E-state index < -0.39 is 5.91 Å². The molecule has 0 bridgehead atoms. The molecule has 0 aliphatic heterocycles. The second-order valence-electron chi connectivity index (χ2n) is 7.18. The Morgan fingerprint density at radius 3 is 2.62 bits per heavy atom. The summed E-state index contributed by atoms with van der Waals surface area (Å²) in [5.74, 6) is 0.583. The Morgan fingerprint density at radius 2 is 1.85 bits per heavy atom. The molecule has 34 heavy (non-hydrogen) atoms. The van der Waals surface area contributed by atoms with Gasteiger partial charge < -0.3 is 14.8 Å². The van der Waals surface area contributed by atoms with Crippen LogP contribution in [0.15, 0.2) is 90.6 Å². The van der Waals surface area contributed by atoms with Crippen molar-refractivity contribution >= 4 is 41.0 Å². The number of nitriles is 1. The standard InChI is InChI=1S/C27H21N3O3.ClH/c1-32-26-16-20(12-13-25(26)33-18-19-7-3-2-4-8-19)15-21(17-28)27(31)30-24-11-5-10-23-22(24)9-6-14-29-23;/h2-16H,18H2,1H3,(H,30,31);1H. The third-order valence-electron chi connectivity index (χ3n) is 4.99. The number of ether oxygens (including phenoxy) is 2. The summed E-state index contributed by atoms with van der Waals surface area (Å²) in [5.41, 5.74) is 3.00. The molecule has 1 amide bonds. The maximum Gasteiger partial charge on any atom is 0.266 e. The van der Waals surface area contributed by atoms with Gasteiger partial charge >= 0.3 is 0 Å². The maximum atomic E-state index is 12.8. The second-order valence-corrected chi connectivity index (χ2v) is 7.18. The monoisotopic (exact) mass is 471 g/mol. The molecule has 0 unspecified atom stereocenters. The van der Waals surface area contributed by atoms with E-state index in [1.54, 1.807) is 49.7 Å². The van der Waals surface area contributed by atoms with Crippen LogP contribution in [0.5, 0.6) is 11.5 Å². The van der Waals surface area contributed by atoms with E-state index in [1.165, 1.54) is 6.08 Å². The summed E-state index contributed by atoms with van der Waals surface area (Å²) in [5, 5.41) is 13.2. The van der Waals surface area contributed by atoms with Crippen molar-refractivity contribution in [3.05, 3.63) is 102 Å². The van der Waals surface area contributed by atoms with Crippen LogP contribution < -0.4 is 14.8 Å². The fourth-order valence-corrected chi connectivity index (χ4v) is 3.35. The van der Waals surface area contributed by atoms with Gasteiger partial charge in [-0.15, -0.1) is 12.4 Å². The van der Waals surface area contributed by atoms with E-state index in [0.717, 1.165) is 16.5 Å². The molecule has 1 heterocycles. The number of nitrogens with zero attached hydrogens (tertiary/aromatic N) is 2. The third-order valence-corrected chi connectivity index (χ3v) is 4.99. The summed E-state index contributed by atoms with van der Waals surface area (Å²) < 4.78 is 11.3. The van der Waals surface area contributed by atoms with Crippen LogP contribution in [0.1, 0.15) is 11.1 Å².